The molecule has 0 aliphatic carbocycles. The fourth-order valence-corrected chi connectivity index (χ4v) is 0.532. The Labute approximate surface area is 64.9 Å². The molecule has 0 spiro atoms. The highest BCUT2D eigenvalue weighted by atomic mass is 17.1. The minimum Gasteiger partial charge on any atom is -0.323 e. The van der Waals surface area contributed by atoms with Gasteiger partial charge in [0.15, 0.2) is 0 Å². The van der Waals surface area contributed by atoms with E-state index in [1.54, 1.807) is 6.08 Å². The van der Waals surface area contributed by atoms with Gasteiger partial charge in [0.1, 0.15) is 0 Å². The first-order chi connectivity index (χ1) is 5.13. The van der Waals surface area contributed by atoms with Gasteiger partial charge in [-0.05, 0) is 6.42 Å². The third-order valence-corrected chi connectivity index (χ3v) is 1.21. The van der Waals surface area contributed by atoms with E-state index in [1.165, 1.54) is 0 Å². The van der Waals surface area contributed by atoms with Crippen molar-refractivity contribution in [2.45, 2.75) is 12.5 Å². The SMILES string of the molecule is C=CCC(N)C(=C)C(=O)OO. The van der Waals surface area contributed by atoms with Gasteiger partial charge in [-0.15, -0.1) is 6.58 Å². The molecule has 0 rings (SSSR count). The predicted octanol–water partition coefficient (Wildman–Crippen LogP) is 0.462. The van der Waals surface area contributed by atoms with Crippen molar-refractivity contribution in [3.63, 3.8) is 0 Å². The number of hydrogen-bond acceptors (Lipinski definition) is 4. The molecule has 1 unspecified atom stereocenters. The van der Waals surface area contributed by atoms with Gasteiger partial charge in [0.2, 0.25) is 0 Å². The highest BCUT2D eigenvalue weighted by molar-refractivity contribution is 5.88. The normalized spacial score (nSPS) is 11.8. The molecule has 0 saturated carbocycles. The van der Waals surface area contributed by atoms with Crippen molar-refractivity contribution in [1.29, 1.82) is 0 Å². The monoisotopic (exact) mass is 157 g/mol. The lowest BCUT2D eigenvalue weighted by Crippen LogP contribution is -2.26. The van der Waals surface area contributed by atoms with E-state index in [4.69, 9.17) is 11.0 Å². The van der Waals surface area contributed by atoms with E-state index >= 15 is 0 Å². The van der Waals surface area contributed by atoms with Crippen LogP contribution in [0.2, 0.25) is 0 Å². The van der Waals surface area contributed by atoms with E-state index in [-0.39, 0.29) is 5.57 Å². The zero-order valence-electron chi connectivity index (χ0n) is 6.12. The number of carbonyl (C=O) groups excluding carboxylic acids is 1. The standard InChI is InChI=1S/C7H11NO3/c1-3-4-6(8)5(2)7(9)11-10/h3,6,10H,1-2,4,8H2. The van der Waals surface area contributed by atoms with E-state index in [9.17, 15) is 4.79 Å². The van der Waals surface area contributed by atoms with E-state index in [0.717, 1.165) is 0 Å². The fourth-order valence-electron chi connectivity index (χ4n) is 0.532. The lowest BCUT2D eigenvalue weighted by Gasteiger charge is -2.08. The van der Waals surface area contributed by atoms with Crippen LogP contribution in [0.15, 0.2) is 24.8 Å². The largest absolute Gasteiger partial charge is 0.369 e. The average molecular weight is 157 g/mol. The Kier molecular flexibility index (Phi) is 4.17. The van der Waals surface area contributed by atoms with E-state index in [1.807, 2.05) is 0 Å². The van der Waals surface area contributed by atoms with Crippen LogP contribution >= 0.6 is 0 Å². The Morgan fingerprint density at radius 1 is 1.82 bits per heavy atom. The Morgan fingerprint density at radius 2 is 2.36 bits per heavy atom. The number of carbonyl (C=O) groups is 1. The summed E-state index contributed by atoms with van der Waals surface area (Å²) in [6.45, 7) is 6.77. The van der Waals surface area contributed by atoms with Crippen LogP contribution in [0.25, 0.3) is 0 Å². The molecule has 4 heteroatoms. The first-order valence-electron chi connectivity index (χ1n) is 3.04. The molecular weight excluding hydrogens is 146 g/mol. The van der Waals surface area contributed by atoms with Crippen LogP contribution in [-0.2, 0) is 9.68 Å². The van der Waals surface area contributed by atoms with E-state index in [0.29, 0.717) is 6.42 Å². The topological polar surface area (TPSA) is 72.6 Å². The van der Waals surface area contributed by atoms with Crippen LogP contribution in [0.3, 0.4) is 0 Å². The molecule has 0 saturated heterocycles. The molecule has 1 atom stereocenters. The van der Waals surface area contributed by atoms with Crippen molar-refractivity contribution in [1.82, 2.24) is 0 Å². The third-order valence-electron chi connectivity index (χ3n) is 1.21. The molecule has 3 N–H and O–H groups in total. The van der Waals surface area contributed by atoms with Crippen molar-refractivity contribution >= 4 is 5.97 Å². The number of rotatable bonds is 4. The van der Waals surface area contributed by atoms with E-state index < -0.39 is 12.0 Å². The first-order valence-corrected chi connectivity index (χ1v) is 3.04. The minimum atomic E-state index is -0.903. The third kappa shape index (κ3) is 2.97. The molecule has 0 amide bonds. The van der Waals surface area contributed by atoms with Gasteiger partial charge < -0.3 is 5.73 Å². The molecule has 4 nitrogen and oxygen atoms in total. The van der Waals surface area contributed by atoms with Crippen LogP contribution in [0.4, 0.5) is 0 Å². The van der Waals surface area contributed by atoms with Crippen molar-refractivity contribution in [3.05, 3.63) is 24.8 Å². The molecule has 62 valence electrons. The second-order valence-corrected chi connectivity index (χ2v) is 2.03. The number of nitrogens with two attached hydrogens (primary N) is 1. The summed E-state index contributed by atoms with van der Waals surface area (Å²) >= 11 is 0. The minimum absolute atomic E-state index is 0.0346. The van der Waals surface area contributed by atoms with Gasteiger partial charge in [0.25, 0.3) is 0 Å². The molecule has 0 aliphatic rings. The number of hydrogen-bond donors (Lipinski definition) is 2. The zero-order valence-corrected chi connectivity index (χ0v) is 6.12. The van der Waals surface area contributed by atoms with Gasteiger partial charge in [0.05, 0.1) is 5.57 Å². The van der Waals surface area contributed by atoms with Crippen LogP contribution in [-0.4, -0.2) is 17.3 Å². The highest BCUT2D eigenvalue weighted by Gasteiger charge is 2.14. The maximum atomic E-state index is 10.5. The maximum Gasteiger partial charge on any atom is 0.369 e. The summed E-state index contributed by atoms with van der Waals surface area (Å²) in [6, 6.07) is -0.535. The summed E-state index contributed by atoms with van der Waals surface area (Å²) < 4.78 is 0. The van der Waals surface area contributed by atoms with Crippen LogP contribution in [0, 0.1) is 0 Å². The van der Waals surface area contributed by atoms with Gasteiger partial charge in [-0.3, -0.25) is 4.89 Å². The molecule has 0 aromatic carbocycles. The maximum absolute atomic E-state index is 10.5. The second kappa shape index (κ2) is 4.65. The van der Waals surface area contributed by atoms with Gasteiger partial charge in [-0.25, -0.2) is 4.79 Å². The molecule has 0 bridgehead atoms. The summed E-state index contributed by atoms with van der Waals surface area (Å²) in [5.74, 6) is -0.903. The van der Waals surface area contributed by atoms with Gasteiger partial charge in [-0.1, -0.05) is 12.7 Å². The first kappa shape index (κ1) is 9.87. The van der Waals surface area contributed by atoms with Crippen molar-refractivity contribution in [3.8, 4) is 0 Å². The van der Waals surface area contributed by atoms with Crippen molar-refractivity contribution < 1.29 is 14.9 Å². The quantitative estimate of drug-likeness (QED) is 0.269. The van der Waals surface area contributed by atoms with Crippen LogP contribution in [0.5, 0.6) is 0 Å². The fraction of sp³-hybridized carbons (Fsp3) is 0.286. The Morgan fingerprint density at radius 3 is 2.73 bits per heavy atom. The Balaban J connectivity index is 4.01. The molecular formula is C7H11NO3. The van der Waals surface area contributed by atoms with Gasteiger partial charge in [0, 0.05) is 6.04 Å². The molecule has 0 fully saturated rings. The lowest BCUT2D eigenvalue weighted by atomic mass is 10.1. The summed E-state index contributed by atoms with van der Waals surface area (Å²) in [6.07, 6.45) is 1.98. The van der Waals surface area contributed by atoms with Crippen molar-refractivity contribution in [2.24, 2.45) is 5.73 Å². The van der Waals surface area contributed by atoms with Gasteiger partial charge >= 0.3 is 5.97 Å². The molecule has 0 radical (unpaired) electrons. The molecule has 0 aromatic rings. The smallest absolute Gasteiger partial charge is 0.323 e. The molecule has 0 heterocycles. The summed E-state index contributed by atoms with van der Waals surface area (Å²) in [5.41, 5.74) is 5.46. The molecule has 11 heavy (non-hydrogen) atoms. The predicted molar refractivity (Wildman–Crippen MR) is 40.7 cm³/mol. The highest BCUT2D eigenvalue weighted by Crippen LogP contribution is 2.02. The summed E-state index contributed by atoms with van der Waals surface area (Å²) in [7, 11) is 0. The second-order valence-electron chi connectivity index (χ2n) is 2.03. The zero-order chi connectivity index (χ0) is 8.85. The molecule has 0 aliphatic heterocycles. The van der Waals surface area contributed by atoms with Crippen molar-refractivity contribution in [2.75, 3.05) is 0 Å². The lowest BCUT2D eigenvalue weighted by molar-refractivity contribution is -0.229. The summed E-state index contributed by atoms with van der Waals surface area (Å²) in [5, 5.41) is 7.93. The molecule has 0 aromatic heterocycles. The van der Waals surface area contributed by atoms with Crippen LogP contribution in [0.1, 0.15) is 6.42 Å². The van der Waals surface area contributed by atoms with E-state index in [2.05, 4.69) is 18.0 Å². The van der Waals surface area contributed by atoms with Gasteiger partial charge in [-0.2, -0.15) is 5.26 Å². The Hall–Kier alpha value is -1.13. The average Bonchev–Trinajstić information content (AvgIpc) is 2.02. The Bertz CT molecular complexity index is 177. The summed E-state index contributed by atoms with van der Waals surface area (Å²) in [4.78, 5) is 14.0. The van der Waals surface area contributed by atoms with Crippen LogP contribution < -0.4 is 5.73 Å².